The van der Waals surface area contributed by atoms with Gasteiger partial charge in [-0.1, -0.05) is 25.2 Å². The summed E-state index contributed by atoms with van der Waals surface area (Å²) in [6.45, 7) is 6.94. The number of allylic oxidation sites excluding steroid dienone is 2. The Kier molecular flexibility index (Phi) is 4.61. The highest BCUT2D eigenvalue weighted by Crippen LogP contribution is 2.15. The lowest BCUT2D eigenvalue weighted by Crippen LogP contribution is -2.46. The normalized spacial score (nSPS) is 26.8. The van der Waals surface area contributed by atoms with Crippen LogP contribution in [0.5, 0.6) is 0 Å². The predicted molar refractivity (Wildman–Crippen MR) is 69.6 cm³/mol. The van der Waals surface area contributed by atoms with Crippen LogP contribution in [-0.4, -0.2) is 37.1 Å². The Morgan fingerprint density at radius 2 is 2.38 bits per heavy atom. The average molecular weight is 220 g/mol. The maximum absolute atomic E-state index is 3.57. The van der Waals surface area contributed by atoms with E-state index in [2.05, 4.69) is 35.4 Å². The molecule has 16 heavy (non-hydrogen) atoms. The molecule has 0 spiro atoms. The quantitative estimate of drug-likeness (QED) is 0.782. The van der Waals surface area contributed by atoms with Crippen molar-refractivity contribution in [3.63, 3.8) is 0 Å². The molecule has 1 saturated heterocycles. The van der Waals surface area contributed by atoms with E-state index in [1.807, 2.05) is 0 Å². The molecule has 0 bridgehead atoms. The van der Waals surface area contributed by atoms with E-state index in [0.717, 1.165) is 13.1 Å². The van der Waals surface area contributed by atoms with Crippen LogP contribution in [0.4, 0.5) is 0 Å². The van der Waals surface area contributed by atoms with E-state index in [0.29, 0.717) is 6.04 Å². The summed E-state index contributed by atoms with van der Waals surface area (Å²) in [4.78, 5) is 2.60. The van der Waals surface area contributed by atoms with Crippen LogP contribution in [0.2, 0.25) is 0 Å². The molecule has 1 fully saturated rings. The van der Waals surface area contributed by atoms with Gasteiger partial charge in [-0.3, -0.25) is 4.90 Å². The molecule has 2 rings (SSSR count). The lowest BCUT2D eigenvalue weighted by atomic mass is 10.0. The Labute approximate surface area is 99.4 Å². The molecular formula is C14H24N2. The van der Waals surface area contributed by atoms with Gasteiger partial charge in [-0.15, -0.1) is 0 Å². The second-order valence-corrected chi connectivity index (χ2v) is 4.89. The van der Waals surface area contributed by atoms with Gasteiger partial charge in [0.15, 0.2) is 0 Å². The van der Waals surface area contributed by atoms with Crippen molar-refractivity contribution in [1.82, 2.24) is 10.2 Å². The zero-order chi connectivity index (χ0) is 11.2. The van der Waals surface area contributed by atoms with E-state index in [-0.39, 0.29) is 0 Å². The number of hydrogen-bond donors (Lipinski definition) is 1. The molecule has 0 radical (unpaired) electrons. The summed E-state index contributed by atoms with van der Waals surface area (Å²) in [6, 6.07) is 0.715. The number of likely N-dealkylation sites (N-methyl/N-ethyl adjacent to an activating group) is 1. The van der Waals surface area contributed by atoms with Crippen molar-refractivity contribution in [3.8, 4) is 0 Å². The van der Waals surface area contributed by atoms with Crippen molar-refractivity contribution < 1.29 is 0 Å². The zero-order valence-electron chi connectivity index (χ0n) is 10.4. The SMILES string of the molecule is CCNC1CCCN(CC2=CCCC=C2)C1. The van der Waals surface area contributed by atoms with Crippen LogP contribution in [0.1, 0.15) is 32.6 Å². The smallest absolute Gasteiger partial charge is 0.0231 e. The largest absolute Gasteiger partial charge is 0.313 e. The second kappa shape index (κ2) is 6.21. The molecule has 2 aliphatic rings. The molecule has 0 saturated carbocycles. The van der Waals surface area contributed by atoms with Gasteiger partial charge in [0, 0.05) is 19.1 Å². The van der Waals surface area contributed by atoms with Gasteiger partial charge in [0.2, 0.25) is 0 Å². The van der Waals surface area contributed by atoms with Gasteiger partial charge in [0.1, 0.15) is 0 Å². The van der Waals surface area contributed by atoms with E-state index in [1.165, 1.54) is 44.3 Å². The second-order valence-electron chi connectivity index (χ2n) is 4.89. The molecular weight excluding hydrogens is 196 g/mol. The standard InChI is InChI=1S/C14H24N2/c1-2-15-14-9-6-10-16(12-14)11-13-7-4-3-5-8-13/h4,7-8,14-15H,2-3,5-6,9-12H2,1H3. The fourth-order valence-electron chi connectivity index (χ4n) is 2.70. The molecule has 1 aliphatic heterocycles. The minimum Gasteiger partial charge on any atom is -0.313 e. The Hall–Kier alpha value is -0.600. The van der Waals surface area contributed by atoms with Crippen LogP contribution in [0.3, 0.4) is 0 Å². The van der Waals surface area contributed by atoms with Crippen LogP contribution >= 0.6 is 0 Å². The molecule has 1 atom stereocenters. The molecule has 0 aromatic heterocycles. The maximum Gasteiger partial charge on any atom is 0.0231 e. The monoisotopic (exact) mass is 220 g/mol. The highest BCUT2D eigenvalue weighted by Gasteiger charge is 2.19. The molecule has 1 aliphatic carbocycles. The van der Waals surface area contributed by atoms with Gasteiger partial charge < -0.3 is 5.32 Å². The van der Waals surface area contributed by atoms with Crippen LogP contribution in [0.15, 0.2) is 23.8 Å². The Balaban J connectivity index is 1.80. The van der Waals surface area contributed by atoms with Crippen molar-refractivity contribution in [2.45, 2.75) is 38.6 Å². The minimum absolute atomic E-state index is 0.715. The van der Waals surface area contributed by atoms with E-state index in [1.54, 1.807) is 0 Å². The molecule has 0 aromatic carbocycles. The highest BCUT2D eigenvalue weighted by molar-refractivity contribution is 5.23. The minimum atomic E-state index is 0.715. The van der Waals surface area contributed by atoms with Crippen molar-refractivity contribution in [2.75, 3.05) is 26.2 Å². The number of nitrogens with one attached hydrogen (secondary N) is 1. The molecule has 90 valence electrons. The summed E-state index contributed by atoms with van der Waals surface area (Å²) >= 11 is 0. The Morgan fingerprint density at radius 1 is 1.44 bits per heavy atom. The first-order valence-corrected chi connectivity index (χ1v) is 6.70. The molecule has 2 heteroatoms. The van der Waals surface area contributed by atoms with Crippen molar-refractivity contribution in [2.24, 2.45) is 0 Å². The molecule has 0 amide bonds. The molecule has 1 unspecified atom stereocenters. The maximum atomic E-state index is 3.57. The first-order valence-electron chi connectivity index (χ1n) is 6.70. The van der Waals surface area contributed by atoms with Crippen LogP contribution < -0.4 is 5.32 Å². The van der Waals surface area contributed by atoms with Gasteiger partial charge in [0.05, 0.1) is 0 Å². The summed E-state index contributed by atoms with van der Waals surface area (Å²) < 4.78 is 0. The fourth-order valence-corrected chi connectivity index (χ4v) is 2.70. The van der Waals surface area contributed by atoms with Gasteiger partial charge >= 0.3 is 0 Å². The summed E-state index contributed by atoms with van der Waals surface area (Å²) in [7, 11) is 0. The lowest BCUT2D eigenvalue weighted by molar-refractivity contribution is 0.206. The first-order chi connectivity index (χ1) is 7.88. The van der Waals surface area contributed by atoms with Crippen molar-refractivity contribution in [1.29, 1.82) is 0 Å². The average Bonchev–Trinajstić information content (AvgIpc) is 2.31. The summed E-state index contributed by atoms with van der Waals surface area (Å²) in [5, 5.41) is 3.57. The van der Waals surface area contributed by atoms with E-state index in [9.17, 15) is 0 Å². The van der Waals surface area contributed by atoms with Crippen LogP contribution in [-0.2, 0) is 0 Å². The van der Waals surface area contributed by atoms with Crippen LogP contribution in [0.25, 0.3) is 0 Å². The third kappa shape index (κ3) is 3.46. The van der Waals surface area contributed by atoms with Crippen molar-refractivity contribution >= 4 is 0 Å². The van der Waals surface area contributed by atoms with E-state index >= 15 is 0 Å². The van der Waals surface area contributed by atoms with Gasteiger partial charge in [-0.05, 0) is 44.3 Å². The highest BCUT2D eigenvalue weighted by atomic mass is 15.2. The number of likely N-dealkylation sites (tertiary alicyclic amines) is 1. The lowest BCUT2D eigenvalue weighted by Gasteiger charge is -2.33. The molecule has 2 nitrogen and oxygen atoms in total. The fraction of sp³-hybridized carbons (Fsp3) is 0.714. The third-order valence-electron chi connectivity index (χ3n) is 3.48. The van der Waals surface area contributed by atoms with E-state index < -0.39 is 0 Å². The summed E-state index contributed by atoms with van der Waals surface area (Å²) in [6.07, 6.45) is 12.2. The molecule has 0 aromatic rings. The van der Waals surface area contributed by atoms with E-state index in [4.69, 9.17) is 0 Å². The number of rotatable bonds is 4. The molecule has 1 heterocycles. The Bertz CT molecular complexity index is 266. The number of nitrogens with zero attached hydrogens (tertiary/aromatic N) is 1. The number of piperidine rings is 1. The Morgan fingerprint density at radius 3 is 3.12 bits per heavy atom. The molecule has 1 N–H and O–H groups in total. The van der Waals surface area contributed by atoms with Crippen LogP contribution in [0, 0.1) is 0 Å². The topological polar surface area (TPSA) is 15.3 Å². The first kappa shape index (κ1) is 11.9. The third-order valence-corrected chi connectivity index (χ3v) is 3.48. The predicted octanol–water partition coefficient (Wildman–Crippen LogP) is 2.34. The van der Waals surface area contributed by atoms with Gasteiger partial charge in [0.25, 0.3) is 0 Å². The zero-order valence-corrected chi connectivity index (χ0v) is 10.4. The summed E-state index contributed by atoms with van der Waals surface area (Å²) in [5.74, 6) is 0. The van der Waals surface area contributed by atoms with Gasteiger partial charge in [-0.25, -0.2) is 0 Å². The van der Waals surface area contributed by atoms with Crippen molar-refractivity contribution in [3.05, 3.63) is 23.8 Å². The van der Waals surface area contributed by atoms with Gasteiger partial charge in [-0.2, -0.15) is 0 Å². The summed E-state index contributed by atoms with van der Waals surface area (Å²) in [5.41, 5.74) is 1.52. The number of hydrogen-bond acceptors (Lipinski definition) is 2.